The van der Waals surface area contributed by atoms with Crippen LogP contribution in [-0.2, 0) is 32.3 Å². The van der Waals surface area contributed by atoms with E-state index in [2.05, 4.69) is 65.0 Å². The predicted octanol–water partition coefficient (Wildman–Crippen LogP) is -0.997. The first-order valence-electron chi connectivity index (χ1n) is 6.47. The summed E-state index contributed by atoms with van der Waals surface area (Å²) in [6.45, 7) is 10.9. The van der Waals surface area contributed by atoms with Gasteiger partial charge in [0.1, 0.15) is 0 Å². The first kappa shape index (κ1) is 25.1. The molecule has 0 unspecified atom stereocenters. The molecule has 20 heavy (non-hydrogen) atoms. The third kappa shape index (κ3) is 7.81. The van der Waals surface area contributed by atoms with Gasteiger partial charge in [-0.15, -0.1) is 0 Å². The molecular formula is C17H24Cl2Hf. The van der Waals surface area contributed by atoms with Crippen LogP contribution in [0.15, 0.2) is 30.3 Å². The van der Waals surface area contributed by atoms with Crippen LogP contribution in [0.2, 0.25) is 0 Å². The van der Waals surface area contributed by atoms with Crippen molar-refractivity contribution in [3.8, 4) is 0 Å². The zero-order valence-corrected chi connectivity index (χ0v) is 18.2. The predicted molar refractivity (Wildman–Crippen MR) is 77.0 cm³/mol. The van der Waals surface area contributed by atoms with Gasteiger partial charge in [-0.25, -0.2) is 12.1 Å². The Hall–Kier alpha value is 0.150. The smallest absolute Gasteiger partial charge is 1.00 e. The molecule has 3 heteroatoms. The molecule has 2 rings (SSSR count). The largest absolute Gasteiger partial charge is 4.00 e. The Balaban J connectivity index is -0.000000252. The first-order valence-corrected chi connectivity index (χ1v) is 6.47. The van der Waals surface area contributed by atoms with Crippen molar-refractivity contribution in [1.29, 1.82) is 0 Å². The summed E-state index contributed by atoms with van der Waals surface area (Å²) < 4.78 is 0. The molecule has 0 atom stereocenters. The van der Waals surface area contributed by atoms with Crippen molar-refractivity contribution in [3.63, 3.8) is 0 Å². The molecule has 0 nitrogen and oxygen atoms in total. The fourth-order valence-electron chi connectivity index (χ4n) is 2.00. The van der Waals surface area contributed by atoms with E-state index in [9.17, 15) is 0 Å². The number of hydrogen-bond donors (Lipinski definition) is 0. The molecule has 2 aromatic rings. The van der Waals surface area contributed by atoms with E-state index < -0.39 is 0 Å². The van der Waals surface area contributed by atoms with Crippen molar-refractivity contribution < 1.29 is 50.7 Å². The molecule has 0 aliphatic carbocycles. The molecule has 0 spiro atoms. The Morgan fingerprint density at radius 3 is 1.75 bits per heavy atom. The van der Waals surface area contributed by atoms with Crippen molar-refractivity contribution >= 4 is 0 Å². The van der Waals surface area contributed by atoms with Crippen molar-refractivity contribution in [2.75, 3.05) is 0 Å². The molecule has 0 aromatic heterocycles. The molecular weight excluding hydrogens is 454 g/mol. The second-order valence-electron chi connectivity index (χ2n) is 4.80. The molecule has 0 heterocycles. The van der Waals surface area contributed by atoms with Gasteiger partial charge in [0, 0.05) is 0 Å². The number of rotatable bonds is 2. The monoisotopic (exact) mass is 478 g/mol. The summed E-state index contributed by atoms with van der Waals surface area (Å²) in [6.07, 6.45) is 2.48. The van der Waals surface area contributed by atoms with Gasteiger partial charge in [-0.1, -0.05) is 47.5 Å². The summed E-state index contributed by atoms with van der Waals surface area (Å²) in [4.78, 5) is 0. The molecule has 0 aliphatic rings. The topological polar surface area (TPSA) is 0 Å². The van der Waals surface area contributed by atoms with Crippen LogP contribution in [0.4, 0.5) is 0 Å². The first-order chi connectivity index (χ1) is 8.06. The fraction of sp³-hybridized carbons (Fsp3) is 0.412. The van der Waals surface area contributed by atoms with Crippen LogP contribution >= 0.6 is 0 Å². The van der Waals surface area contributed by atoms with Crippen molar-refractivity contribution in [1.82, 2.24) is 0 Å². The number of halogens is 2. The number of aryl methyl sites for hydroxylation is 3. The minimum absolute atomic E-state index is 0. The molecule has 0 saturated carbocycles. The van der Waals surface area contributed by atoms with Crippen molar-refractivity contribution in [3.05, 3.63) is 58.1 Å². The van der Waals surface area contributed by atoms with Crippen LogP contribution in [-0.4, -0.2) is 0 Å². The number of hydrogen-bond acceptors (Lipinski definition) is 0. The zero-order chi connectivity index (χ0) is 12.8. The Morgan fingerprint density at radius 2 is 1.50 bits per heavy atom. The van der Waals surface area contributed by atoms with E-state index in [0.29, 0.717) is 0 Å². The SMILES string of the molecule is CCC[c-]1cccc1.Cc1c[c-](C)c(C)c1C.[Cl-].[Cl-].[Hf+4]. The molecule has 0 bridgehead atoms. The van der Waals surface area contributed by atoms with Crippen LogP contribution in [0.25, 0.3) is 0 Å². The van der Waals surface area contributed by atoms with E-state index in [0.717, 1.165) is 0 Å². The van der Waals surface area contributed by atoms with Crippen molar-refractivity contribution in [2.45, 2.75) is 47.5 Å². The molecule has 110 valence electrons. The molecule has 0 saturated heterocycles. The third-order valence-electron chi connectivity index (χ3n) is 3.45. The summed E-state index contributed by atoms with van der Waals surface area (Å²) in [5, 5.41) is 0. The Kier molecular flexibility index (Phi) is 16.2. The maximum Gasteiger partial charge on any atom is 4.00 e. The van der Waals surface area contributed by atoms with Gasteiger partial charge in [-0.05, 0) is 0 Å². The van der Waals surface area contributed by atoms with Crippen LogP contribution in [0.5, 0.6) is 0 Å². The van der Waals surface area contributed by atoms with Gasteiger partial charge in [0.15, 0.2) is 0 Å². The van der Waals surface area contributed by atoms with Crippen LogP contribution < -0.4 is 24.8 Å². The zero-order valence-electron chi connectivity index (χ0n) is 13.1. The Morgan fingerprint density at radius 1 is 1.00 bits per heavy atom. The standard InChI is InChI=1S/C9H13.C8H11.2ClH.Hf/c1-6-5-7(2)9(4)8(6)3;1-2-5-8-6-3-4-7-8;;;/h5H,1-4H3;3-4,6-7H,2,5H2,1H3;2*1H;/q2*-1;;;+4/p-2. The van der Waals surface area contributed by atoms with Crippen LogP contribution in [0.1, 0.15) is 41.2 Å². The van der Waals surface area contributed by atoms with E-state index in [-0.39, 0.29) is 50.7 Å². The second kappa shape index (κ2) is 12.9. The third-order valence-corrected chi connectivity index (χ3v) is 3.45. The maximum atomic E-state index is 2.24. The van der Waals surface area contributed by atoms with Gasteiger partial charge in [0.2, 0.25) is 0 Å². The minimum Gasteiger partial charge on any atom is -1.00 e. The van der Waals surface area contributed by atoms with E-state index >= 15 is 0 Å². The quantitative estimate of drug-likeness (QED) is 0.385. The summed E-state index contributed by atoms with van der Waals surface area (Å²) in [7, 11) is 0. The summed E-state index contributed by atoms with van der Waals surface area (Å²) in [5.41, 5.74) is 7.21. The minimum atomic E-state index is 0. The van der Waals surface area contributed by atoms with Gasteiger partial charge in [-0.2, -0.15) is 46.0 Å². The van der Waals surface area contributed by atoms with Crippen LogP contribution in [0.3, 0.4) is 0 Å². The van der Waals surface area contributed by atoms with E-state index in [1.54, 1.807) is 0 Å². The van der Waals surface area contributed by atoms with Crippen LogP contribution in [0, 0.1) is 27.7 Å². The van der Waals surface area contributed by atoms with Gasteiger partial charge in [-0.3, -0.25) is 0 Å². The van der Waals surface area contributed by atoms with Gasteiger partial charge in [0.25, 0.3) is 0 Å². The van der Waals surface area contributed by atoms with Gasteiger partial charge < -0.3 is 24.8 Å². The maximum absolute atomic E-state index is 2.24. The van der Waals surface area contributed by atoms with Gasteiger partial charge in [0.05, 0.1) is 0 Å². The molecule has 0 amide bonds. The molecule has 0 radical (unpaired) electrons. The van der Waals surface area contributed by atoms with E-state index in [4.69, 9.17) is 0 Å². The van der Waals surface area contributed by atoms with Crippen molar-refractivity contribution in [2.24, 2.45) is 0 Å². The summed E-state index contributed by atoms with van der Waals surface area (Å²) >= 11 is 0. The molecule has 2 aromatic carbocycles. The fourth-order valence-corrected chi connectivity index (χ4v) is 2.00. The Labute approximate surface area is 155 Å². The van der Waals surface area contributed by atoms with E-state index in [1.807, 2.05) is 0 Å². The average molecular weight is 478 g/mol. The molecule has 0 aliphatic heterocycles. The second-order valence-corrected chi connectivity index (χ2v) is 4.80. The average Bonchev–Trinajstić information content (AvgIpc) is 2.87. The normalized spacial score (nSPS) is 8.45. The summed E-state index contributed by atoms with van der Waals surface area (Å²) in [6, 6.07) is 10.8. The molecule has 0 fully saturated rings. The summed E-state index contributed by atoms with van der Waals surface area (Å²) in [5.74, 6) is 0. The van der Waals surface area contributed by atoms with E-state index in [1.165, 1.54) is 40.7 Å². The van der Waals surface area contributed by atoms with Gasteiger partial charge >= 0.3 is 25.8 Å². The Bertz CT molecular complexity index is 419. The molecule has 0 N–H and O–H groups in total.